The van der Waals surface area contributed by atoms with Crippen LogP contribution in [0.4, 0.5) is 5.69 Å². The number of hydrogen-bond acceptors (Lipinski definition) is 6. The zero-order chi connectivity index (χ0) is 19.8. The van der Waals surface area contributed by atoms with Gasteiger partial charge in [-0.1, -0.05) is 31.7 Å². The molecule has 0 bridgehead atoms. The number of ether oxygens (including phenoxy) is 1. The number of aryl methyl sites for hydroxylation is 1. The van der Waals surface area contributed by atoms with Crippen molar-refractivity contribution in [2.24, 2.45) is 0 Å². The molecule has 0 aliphatic carbocycles. The molecule has 0 spiro atoms. The largest absolute Gasteiger partial charge is 0.462 e. The third-order valence-corrected chi connectivity index (χ3v) is 4.94. The van der Waals surface area contributed by atoms with Crippen LogP contribution in [0.3, 0.4) is 0 Å². The van der Waals surface area contributed by atoms with E-state index in [-0.39, 0.29) is 18.1 Å². The molecule has 2 N–H and O–H groups in total. The summed E-state index contributed by atoms with van der Waals surface area (Å²) in [5.41, 5.74) is 1.32. The molecule has 1 heterocycles. The minimum absolute atomic E-state index is 0.229. The first-order chi connectivity index (χ1) is 13.0. The molecular weight excluding hydrogens is 366 g/mol. The van der Waals surface area contributed by atoms with Crippen molar-refractivity contribution in [3.63, 3.8) is 0 Å². The number of rotatable bonds is 8. The summed E-state index contributed by atoms with van der Waals surface area (Å²) in [6.45, 7) is 5.81. The van der Waals surface area contributed by atoms with Gasteiger partial charge >= 0.3 is 5.97 Å². The van der Waals surface area contributed by atoms with Crippen LogP contribution in [-0.4, -0.2) is 33.7 Å². The number of thioether (sulfide) groups is 1. The van der Waals surface area contributed by atoms with Crippen molar-refractivity contribution in [1.82, 2.24) is 9.97 Å². The van der Waals surface area contributed by atoms with E-state index in [4.69, 9.17) is 4.74 Å². The molecule has 0 radical (unpaired) electrons. The molecule has 1 aromatic carbocycles. The molecule has 2 aromatic rings. The zero-order valence-electron chi connectivity index (χ0n) is 15.6. The van der Waals surface area contributed by atoms with Gasteiger partial charge in [0.1, 0.15) is 0 Å². The van der Waals surface area contributed by atoms with Gasteiger partial charge in [-0.3, -0.25) is 9.59 Å². The topological polar surface area (TPSA) is 101 Å². The van der Waals surface area contributed by atoms with E-state index in [0.717, 1.165) is 0 Å². The first-order valence-corrected chi connectivity index (χ1v) is 9.69. The Kier molecular flexibility index (Phi) is 7.60. The molecular formula is C19H23N3O4S. The Morgan fingerprint density at radius 1 is 1.26 bits per heavy atom. The van der Waals surface area contributed by atoms with Crippen LogP contribution in [0, 0.1) is 0 Å². The number of hydrogen-bond donors (Lipinski definition) is 2. The van der Waals surface area contributed by atoms with Gasteiger partial charge in [0.2, 0.25) is 5.91 Å². The van der Waals surface area contributed by atoms with Crippen molar-refractivity contribution in [2.45, 2.75) is 44.0 Å². The van der Waals surface area contributed by atoms with Gasteiger partial charge in [-0.25, -0.2) is 9.78 Å². The van der Waals surface area contributed by atoms with E-state index >= 15 is 0 Å². The predicted molar refractivity (Wildman–Crippen MR) is 105 cm³/mol. The number of H-pyrrole nitrogens is 1. The maximum atomic E-state index is 12.6. The molecule has 1 aromatic heterocycles. The van der Waals surface area contributed by atoms with E-state index in [1.807, 2.05) is 13.8 Å². The molecule has 144 valence electrons. The Labute approximate surface area is 161 Å². The number of amides is 1. The summed E-state index contributed by atoms with van der Waals surface area (Å²) in [7, 11) is 0. The van der Waals surface area contributed by atoms with Crippen LogP contribution in [0.2, 0.25) is 0 Å². The van der Waals surface area contributed by atoms with Crippen molar-refractivity contribution in [3.05, 3.63) is 51.9 Å². The summed E-state index contributed by atoms with van der Waals surface area (Å²) >= 11 is 1.21. The number of nitrogens with zero attached hydrogens (tertiary/aromatic N) is 1. The minimum atomic E-state index is -0.438. The molecule has 0 saturated carbocycles. The number of anilines is 1. The lowest BCUT2D eigenvalue weighted by molar-refractivity contribution is -0.115. The number of nitrogens with one attached hydrogen (secondary N) is 2. The monoisotopic (exact) mass is 389 g/mol. The molecule has 0 saturated heterocycles. The smallest absolute Gasteiger partial charge is 0.338 e. The second-order valence-corrected chi connectivity index (χ2v) is 6.89. The van der Waals surface area contributed by atoms with Crippen molar-refractivity contribution in [2.75, 3.05) is 11.9 Å². The van der Waals surface area contributed by atoms with Crippen molar-refractivity contribution in [3.8, 4) is 0 Å². The fourth-order valence-electron chi connectivity index (χ4n) is 2.34. The average molecular weight is 389 g/mol. The number of benzene rings is 1. The first kappa shape index (κ1) is 20.7. The maximum absolute atomic E-state index is 12.6. The van der Waals surface area contributed by atoms with Crippen LogP contribution in [0.15, 0.2) is 40.3 Å². The standard InChI is InChI=1S/C19H23N3O4S/c1-4-13-11-16(23)22-19(21-13)27-15(5-2)17(24)20-14-9-7-8-12(10-14)18(25)26-6-3/h7-11,15H,4-6H2,1-3H3,(H,20,24)(H,21,22,23). The highest BCUT2D eigenvalue weighted by Crippen LogP contribution is 2.23. The van der Waals surface area contributed by atoms with E-state index < -0.39 is 11.2 Å². The average Bonchev–Trinajstić information content (AvgIpc) is 2.65. The molecule has 2 rings (SSSR count). The number of esters is 1. The highest BCUT2D eigenvalue weighted by molar-refractivity contribution is 8.00. The van der Waals surface area contributed by atoms with E-state index in [1.165, 1.54) is 17.8 Å². The summed E-state index contributed by atoms with van der Waals surface area (Å²) in [5.74, 6) is -0.666. The Morgan fingerprint density at radius 3 is 2.70 bits per heavy atom. The van der Waals surface area contributed by atoms with Crippen molar-refractivity contribution in [1.29, 1.82) is 0 Å². The second-order valence-electron chi connectivity index (χ2n) is 5.70. The number of carbonyl (C=O) groups is 2. The van der Waals surface area contributed by atoms with E-state index in [1.54, 1.807) is 31.2 Å². The fourth-order valence-corrected chi connectivity index (χ4v) is 3.27. The number of aromatic nitrogens is 2. The summed E-state index contributed by atoms with van der Waals surface area (Å²) in [6, 6.07) is 8.04. The van der Waals surface area contributed by atoms with Crippen molar-refractivity contribution < 1.29 is 14.3 Å². The minimum Gasteiger partial charge on any atom is -0.462 e. The molecule has 27 heavy (non-hydrogen) atoms. The molecule has 1 atom stereocenters. The van der Waals surface area contributed by atoms with Crippen LogP contribution < -0.4 is 10.9 Å². The predicted octanol–water partition coefficient (Wildman–Crippen LogP) is 3.02. The third kappa shape index (κ3) is 5.96. The van der Waals surface area contributed by atoms with Crippen LogP contribution in [-0.2, 0) is 16.0 Å². The van der Waals surface area contributed by atoms with Gasteiger partial charge < -0.3 is 15.0 Å². The molecule has 7 nitrogen and oxygen atoms in total. The summed E-state index contributed by atoms with van der Waals surface area (Å²) in [4.78, 5) is 43.2. The lowest BCUT2D eigenvalue weighted by Gasteiger charge is -2.14. The van der Waals surface area contributed by atoms with Crippen LogP contribution in [0.25, 0.3) is 0 Å². The lowest BCUT2D eigenvalue weighted by atomic mass is 10.2. The number of carbonyl (C=O) groups excluding carboxylic acids is 2. The molecule has 0 aliphatic rings. The van der Waals surface area contributed by atoms with Crippen molar-refractivity contribution >= 4 is 29.3 Å². The summed E-state index contributed by atoms with van der Waals surface area (Å²) < 4.78 is 4.97. The molecule has 8 heteroatoms. The Morgan fingerprint density at radius 2 is 2.04 bits per heavy atom. The molecule has 0 aliphatic heterocycles. The Bertz CT molecular complexity index is 866. The van der Waals surface area contributed by atoms with Crippen LogP contribution in [0.1, 0.15) is 43.2 Å². The van der Waals surface area contributed by atoms with Crippen LogP contribution in [0.5, 0.6) is 0 Å². The van der Waals surface area contributed by atoms with Crippen LogP contribution >= 0.6 is 11.8 Å². The molecule has 0 fully saturated rings. The Balaban J connectivity index is 2.11. The third-order valence-electron chi connectivity index (χ3n) is 3.69. The van der Waals surface area contributed by atoms with Gasteiger partial charge in [0.15, 0.2) is 5.16 Å². The highest BCUT2D eigenvalue weighted by atomic mass is 32.2. The zero-order valence-corrected chi connectivity index (χ0v) is 16.4. The van der Waals surface area contributed by atoms with E-state index in [2.05, 4.69) is 15.3 Å². The maximum Gasteiger partial charge on any atom is 0.338 e. The highest BCUT2D eigenvalue weighted by Gasteiger charge is 2.20. The molecule has 1 unspecified atom stereocenters. The van der Waals surface area contributed by atoms with Gasteiger partial charge in [-0.15, -0.1) is 0 Å². The normalized spacial score (nSPS) is 11.7. The second kappa shape index (κ2) is 9.91. The molecule has 1 amide bonds. The quantitative estimate of drug-likeness (QED) is 0.409. The van der Waals surface area contributed by atoms with Gasteiger partial charge in [0.25, 0.3) is 5.56 Å². The van der Waals surface area contributed by atoms with Gasteiger partial charge in [0.05, 0.1) is 17.4 Å². The number of aromatic amines is 1. The first-order valence-electron chi connectivity index (χ1n) is 8.81. The Hall–Kier alpha value is -2.61. The summed E-state index contributed by atoms with van der Waals surface area (Å²) in [5, 5.41) is 2.79. The lowest BCUT2D eigenvalue weighted by Crippen LogP contribution is -2.25. The van der Waals surface area contributed by atoms with Gasteiger partial charge in [-0.2, -0.15) is 0 Å². The summed E-state index contributed by atoms with van der Waals surface area (Å²) in [6.07, 6.45) is 1.19. The fraction of sp³-hybridized carbons (Fsp3) is 0.368. The van der Waals surface area contributed by atoms with E-state index in [0.29, 0.717) is 34.9 Å². The van der Waals surface area contributed by atoms with E-state index in [9.17, 15) is 14.4 Å². The van der Waals surface area contributed by atoms with Gasteiger partial charge in [-0.05, 0) is 38.0 Å². The van der Waals surface area contributed by atoms with Gasteiger partial charge in [0, 0.05) is 17.4 Å². The SMILES string of the molecule is CCOC(=O)c1cccc(NC(=O)C(CC)Sc2nc(CC)cc(=O)[nH]2)c1.